The molecular weight excluding hydrogens is 324 g/mol. The number of fused-ring (bicyclic) bond motifs is 1. The van der Waals surface area contributed by atoms with Crippen molar-refractivity contribution in [3.63, 3.8) is 0 Å². The quantitative estimate of drug-likeness (QED) is 0.906. The van der Waals surface area contributed by atoms with Crippen LogP contribution in [0.4, 0.5) is 0 Å². The van der Waals surface area contributed by atoms with Gasteiger partial charge in [-0.15, -0.1) is 0 Å². The molecule has 1 heterocycles. The van der Waals surface area contributed by atoms with Gasteiger partial charge in [-0.2, -0.15) is 0 Å². The van der Waals surface area contributed by atoms with Crippen LogP contribution in [0.1, 0.15) is 49.8 Å². The first kappa shape index (κ1) is 17.4. The summed E-state index contributed by atoms with van der Waals surface area (Å²) in [6, 6.07) is 8.42. The van der Waals surface area contributed by atoms with Crippen LogP contribution in [-0.2, 0) is 21.2 Å². The number of aryl methyl sites for hydroxylation is 1. The first-order valence-electron chi connectivity index (χ1n) is 8.87. The number of rotatable bonds is 4. The van der Waals surface area contributed by atoms with E-state index in [2.05, 4.69) is 17.4 Å². The number of amides is 1. The predicted octanol–water partition coefficient (Wildman–Crippen LogP) is 2.24. The fourth-order valence-corrected chi connectivity index (χ4v) is 4.90. The summed E-state index contributed by atoms with van der Waals surface area (Å²) in [5.74, 6) is 0.121. The summed E-state index contributed by atoms with van der Waals surface area (Å²) in [4.78, 5) is 12.6. The predicted molar refractivity (Wildman–Crippen MR) is 94.0 cm³/mol. The average Bonchev–Trinajstić information content (AvgIpc) is 2.62. The van der Waals surface area contributed by atoms with Crippen molar-refractivity contribution < 1.29 is 13.2 Å². The molecule has 0 saturated carbocycles. The molecule has 1 N–H and O–H groups in total. The smallest absolute Gasteiger partial charge is 0.223 e. The zero-order chi connectivity index (χ0) is 17.2. The van der Waals surface area contributed by atoms with Crippen molar-refractivity contribution in [3.8, 4) is 0 Å². The Labute approximate surface area is 144 Å². The van der Waals surface area contributed by atoms with E-state index < -0.39 is 10.0 Å². The van der Waals surface area contributed by atoms with Gasteiger partial charge in [0, 0.05) is 19.0 Å². The van der Waals surface area contributed by atoms with Crippen molar-refractivity contribution >= 4 is 15.9 Å². The molecule has 3 rings (SSSR count). The summed E-state index contributed by atoms with van der Waals surface area (Å²) in [6.45, 7) is 2.57. The fourth-order valence-electron chi connectivity index (χ4n) is 3.77. The molecule has 6 heteroatoms. The largest absolute Gasteiger partial charge is 0.349 e. The summed E-state index contributed by atoms with van der Waals surface area (Å²) in [5.41, 5.74) is 2.57. The molecular formula is C18H26N2O3S. The number of hydrogen-bond donors (Lipinski definition) is 1. The van der Waals surface area contributed by atoms with Gasteiger partial charge >= 0.3 is 0 Å². The lowest BCUT2D eigenvalue weighted by atomic mass is 9.87. The number of hydrogen-bond acceptors (Lipinski definition) is 3. The van der Waals surface area contributed by atoms with Crippen LogP contribution in [0.25, 0.3) is 0 Å². The summed E-state index contributed by atoms with van der Waals surface area (Å²) in [5, 5.41) is 3.21. The van der Waals surface area contributed by atoms with Gasteiger partial charge in [0.2, 0.25) is 15.9 Å². The van der Waals surface area contributed by atoms with Gasteiger partial charge in [-0.1, -0.05) is 24.3 Å². The molecule has 5 nitrogen and oxygen atoms in total. The first-order valence-corrected chi connectivity index (χ1v) is 10.5. The molecule has 1 aliphatic carbocycles. The number of nitrogens with one attached hydrogen (secondary N) is 1. The third-order valence-corrected chi connectivity index (χ3v) is 7.15. The molecule has 0 radical (unpaired) electrons. The van der Waals surface area contributed by atoms with E-state index in [1.807, 2.05) is 12.1 Å². The van der Waals surface area contributed by atoms with E-state index in [1.54, 1.807) is 6.92 Å². The molecule has 1 aliphatic heterocycles. The van der Waals surface area contributed by atoms with Gasteiger partial charge in [-0.3, -0.25) is 4.79 Å². The number of carbonyl (C=O) groups excluding carboxylic acids is 1. The lowest BCUT2D eigenvalue weighted by molar-refractivity contribution is -0.127. The van der Waals surface area contributed by atoms with Crippen molar-refractivity contribution in [1.29, 1.82) is 0 Å². The number of piperidine rings is 1. The van der Waals surface area contributed by atoms with Gasteiger partial charge in [-0.25, -0.2) is 12.7 Å². The molecule has 2 aliphatic rings. The summed E-state index contributed by atoms with van der Waals surface area (Å²) < 4.78 is 25.3. The highest BCUT2D eigenvalue weighted by Crippen LogP contribution is 2.30. The Kier molecular flexibility index (Phi) is 5.25. The Hall–Kier alpha value is -1.40. The second kappa shape index (κ2) is 7.23. The highest BCUT2D eigenvalue weighted by molar-refractivity contribution is 7.89. The van der Waals surface area contributed by atoms with E-state index in [0.29, 0.717) is 25.9 Å². The third kappa shape index (κ3) is 3.64. The summed E-state index contributed by atoms with van der Waals surface area (Å²) in [6.07, 6.45) is 4.37. The molecule has 24 heavy (non-hydrogen) atoms. The zero-order valence-corrected chi connectivity index (χ0v) is 15.0. The number of benzene rings is 1. The fraction of sp³-hybridized carbons (Fsp3) is 0.611. The molecule has 1 fully saturated rings. The Morgan fingerprint density at radius 2 is 1.92 bits per heavy atom. The number of carbonyl (C=O) groups is 1. The minimum atomic E-state index is -3.14. The lowest BCUT2D eigenvalue weighted by Gasteiger charge is -2.32. The average molecular weight is 350 g/mol. The van der Waals surface area contributed by atoms with Crippen molar-refractivity contribution in [2.24, 2.45) is 5.92 Å². The maximum atomic E-state index is 12.6. The van der Waals surface area contributed by atoms with E-state index in [-0.39, 0.29) is 23.6 Å². The summed E-state index contributed by atoms with van der Waals surface area (Å²) in [7, 11) is -3.14. The number of sulfonamides is 1. The zero-order valence-electron chi connectivity index (χ0n) is 14.2. The minimum Gasteiger partial charge on any atom is -0.349 e. The van der Waals surface area contributed by atoms with Crippen LogP contribution in [0.5, 0.6) is 0 Å². The van der Waals surface area contributed by atoms with Gasteiger partial charge in [0.15, 0.2) is 0 Å². The van der Waals surface area contributed by atoms with Crippen molar-refractivity contribution in [3.05, 3.63) is 35.4 Å². The highest BCUT2D eigenvalue weighted by atomic mass is 32.2. The Balaban J connectivity index is 1.60. The van der Waals surface area contributed by atoms with Crippen LogP contribution in [0.3, 0.4) is 0 Å². The molecule has 0 aromatic heterocycles. The molecule has 0 bridgehead atoms. The van der Waals surface area contributed by atoms with Crippen LogP contribution in [0.15, 0.2) is 24.3 Å². The molecule has 132 valence electrons. The van der Waals surface area contributed by atoms with Crippen LogP contribution in [0.2, 0.25) is 0 Å². The molecule has 1 unspecified atom stereocenters. The van der Waals surface area contributed by atoms with E-state index in [9.17, 15) is 13.2 Å². The topological polar surface area (TPSA) is 66.5 Å². The molecule has 1 aromatic carbocycles. The second-order valence-electron chi connectivity index (χ2n) is 6.73. The molecule has 0 spiro atoms. The third-order valence-electron chi connectivity index (χ3n) is 5.27. The lowest BCUT2D eigenvalue weighted by Crippen LogP contribution is -2.44. The van der Waals surface area contributed by atoms with Crippen molar-refractivity contribution in [1.82, 2.24) is 9.62 Å². The molecule has 1 aromatic rings. The molecule has 1 amide bonds. The van der Waals surface area contributed by atoms with E-state index >= 15 is 0 Å². The van der Waals surface area contributed by atoms with Crippen LogP contribution in [-0.4, -0.2) is 37.5 Å². The van der Waals surface area contributed by atoms with Crippen LogP contribution >= 0.6 is 0 Å². The maximum Gasteiger partial charge on any atom is 0.223 e. The minimum absolute atomic E-state index is 0.0743. The van der Waals surface area contributed by atoms with E-state index in [1.165, 1.54) is 15.4 Å². The number of nitrogens with zero attached hydrogens (tertiary/aromatic N) is 1. The van der Waals surface area contributed by atoms with Gasteiger partial charge in [0.1, 0.15) is 0 Å². The molecule has 1 atom stereocenters. The van der Waals surface area contributed by atoms with E-state index in [0.717, 1.165) is 19.3 Å². The first-order chi connectivity index (χ1) is 11.5. The monoisotopic (exact) mass is 350 g/mol. The highest BCUT2D eigenvalue weighted by Gasteiger charge is 2.31. The van der Waals surface area contributed by atoms with Crippen molar-refractivity contribution in [2.75, 3.05) is 18.8 Å². The van der Waals surface area contributed by atoms with Crippen LogP contribution in [0, 0.1) is 5.92 Å². The van der Waals surface area contributed by atoms with Gasteiger partial charge in [0.25, 0.3) is 0 Å². The Morgan fingerprint density at radius 1 is 1.21 bits per heavy atom. The van der Waals surface area contributed by atoms with Crippen molar-refractivity contribution in [2.45, 2.75) is 45.1 Å². The van der Waals surface area contributed by atoms with E-state index in [4.69, 9.17) is 0 Å². The Morgan fingerprint density at radius 3 is 2.62 bits per heavy atom. The summed E-state index contributed by atoms with van der Waals surface area (Å²) >= 11 is 0. The van der Waals surface area contributed by atoms with Gasteiger partial charge < -0.3 is 5.32 Å². The van der Waals surface area contributed by atoms with Gasteiger partial charge in [0.05, 0.1) is 11.8 Å². The standard InChI is InChI=1S/C18H26N2O3S/c1-2-24(22,23)20-12-10-15(11-13-20)18(21)19-17-9-5-7-14-6-3-4-8-16(14)17/h3-4,6,8,15,17H,2,5,7,9-13H2,1H3,(H,19,21). The Bertz CT molecular complexity index is 694. The molecule has 1 saturated heterocycles. The second-order valence-corrected chi connectivity index (χ2v) is 8.98. The van der Waals surface area contributed by atoms with Crippen LogP contribution < -0.4 is 5.32 Å². The normalized spacial score (nSPS) is 22.8. The SMILES string of the molecule is CCS(=O)(=O)N1CCC(C(=O)NC2CCCc3ccccc32)CC1. The maximum absolute atomic E-state index is 12.6. The van der Waals surface area contributed by atoms with Gasteiger partial charge in [-0.05, 0) is 50.2 Å².